The van der Waals surface area contributed by atoms with Gasteiger partial charge in [0, 0.05) is 67.2 Å². The highest BCUT2D eigenvalue weighted by Crippen LogP contribution is 2.37. The molecule has 1 saturated heterocycles. The fourth-order valence-corrected chi connectivity index (χ4v) is 6.87. The lowest BCUT2D eigenvalue weighted by molar-refractivity contribution is 0.262. The molecule has 0 radical (unpaired) electrons. The van der Waals surface area contributed by atoms with Crippen molar-refractivity contribution in [1.82, 2.24) is 24.8 Å². The van der Waals surface area contributed by atoms with E-state index in [0.29, 0.717) is 48.4 Å². The predicted octanol–water partition coefficient (Wildman–Crippen LogP) is 8.34. The Labute approximate surface area is 311 Å². The van der Waals surface area contributed by atoms with Crippen LogP contribution in [0.15, 0.2) is 85.7 Å². The molecule has 52 heavy (non-hydrogen) atoms. The molecule has 0 aliphatic carbocycles. The lowest BCUT2D eigenvalue weighted by Crippen LogP contribution is -2.22. The highest BCUT2D eigenvalue weighted by atomic mass is 35.5. The Morgan fingerprint density at radius 2 is 1.50 bits per heavy atom. The number of ether oxygens (including phenoxy) is 3. The summed E-state index contributed by atoms with van der Waals surface area (Å²) in [5, 5.41) is 9.84. The summed E-state index contributed by atoms with van der Waals surface area (Å²) in [6.45, 7) is 10.2. The second-order valence-corrected chi connectivity index (χ2v) is 13.8. The molecule has 10 heteroatoms. The largest absolute Gasteiger partial charge is 0.493 e. The number of hydrogen-bond donors (Lipinski definition) is 0. The number of aromatic nitrogens is 3. The van der Waals surface area contributed by atoms with E-state index in [-0.39, 0.29) is 6.61 Å². The third kappa shape index (κ3) is 9.65. The lowest BCUT2D eigenvalue weighted by Gasteiger charge is -2.21. The summed E-state index contributed by atoms with van der Waals surface area (Å²) in [4.78, 5) is 17.1. The van der Waals surface area contributed by atoms with Crippen LogP contribution in [0.5, 0.6) is 17.2 Å². The molecule has 0 N–H and O–H groups in total. The molecule has 1 aliphatic heterocycles. The molecule has 3 heterocycles. The maximum absolute atomic E-state index is 9.35. The van der Waals surface area contributed by atoms with Crippen molar-refractivity contribution in [1.29, 1.82) is 5.26 Å². The first-order valence-electron chi connectivity index (χ1n) is 17.8. The van der Waals surface area contributed by atoms with E-state index < -0.39 is 0 Å². The summed E-state index contributed by atoms with van der Waals surface area (Å²) in [5.74, 6) is 2.09. The minimum absolute atomic E-state index is 0.231. The Hall–Kier alpha value is -5.01. The van der Waals surface area contributed by atoms with Crippen LogP contribution in [0.1, 0.15) is 58.2 Å². The van der Waals surface area contributed by atoms with Crippen molar-refractivity contribution in [2.75, 3.05) is 33.3 Å². The van der Waals surface area contributed by atoms with Crippen molar-refractivity contribution < 1.29 is 14.2 Å². The fourth-order valence-electron chi connectivity index (χ4n) is 6.63. The van der Waals surface area contributed by atoms with E-state index in [1.807, 2.05) is 19.2 Å². The molecule has 6 rings (SSSR count). The molecule has 1 aliphatic rings. The van der Waals surface area contributed by atoms with Crippen LogP contribution in [-0.2, 0) is 26.3 Å². The van der Waals surface area contributed by atoms with Crippen LogP contribution in [0.2, 0.25) is 5.02 Å². The molecule has 3 aromatic carbocycles. The second kappa shape index (κ2) is 18.0. The molecule has 5 aromatic rings. The fraction of sp³-hybridized carbons (Fsp3) is 0.333. The Bertz CT molecular complexity index is 1990. The van der Waals surface area contributed by atoms with Gasteiger partial charge >= 0.3 is 0 Å². The quantitative estimate of drug-likeness (QED) is 0.0934. The van der Waals surface area contributed by atoms with Gasteiger partial charge in [0.2, 0.25) is 0 Å². The Morgan fingerprint density at radius 3 is 2.29 bits per heavy atom. The molecule has 0 amide bonds. The molecule has 268 valence electrons. The van der Waals surface area contributed by atoms with Crippen molar-refractivity contribution in [3.63, 3.8) is 0 Å². The molecule has 0 spiro atoms. The molecule has 0 atom stereocenters. The van der Waals surface area contributed by atoms with E-state index in [2.05, 4.69) is 81.1 Å². The standard InChI is InChI=1S/C42H45ClN6O3/c1-30-35(9-6-10-37(30)38-11-7-12-40(31(38)2)50-16-8-15-49-13-4-5-14-49)28-52-42-19-41(51-27-33-17-32(20-44)21-45-22-33)36(18-39(42)43)26-48(3)25-34-23-46-29-47-24-34/h6-7,9-12,17-19,21-24,29H,4-5,8,13-16,25-28H2,1-3H3. The van der Waals surface area contributed by atoms with Gasteiger partial charge in [-0.05, 0) is 99.3 Å². The number of nitrogens with zero attached hydrogens (tertiary/aromatic N) is 6. The number of pyridine rings is 1. The third-order valence-electron chi connectivity index (χ3n) is 9.42. The molecule has 0 saturated carbocycles. The van der Waals surface area contributed by atoms with Gasteiger partial charge in [-0.25, -0.2) is 9.97 Å². The van der Waals surface area contributed by atoms with Crippen molar-refractivity contribution in [3.8, 4) is 34.4 Å². The van der Waals surface area contributed by atoms with E-state index in [1.165, 1.54) is 38.5 Å². The summed E-state index contributed by atoms with van der Waals surface area (Å²) in [6, 6.07) is 20.3. The van der Waals surface area contributed by atoms with Crippen LogP contribution in [0.25, 0.3) is 11.1 Å². The van der Waals surface area contributed by atoms with Gasteiger partial charge in [0.1, 0.15) is 42.9 Å². The summed E-state index contributed by atoms with van der Waals surface area (Å²) in [6.07, 6.45) is 12.0. The second-order valence-electron chi connectivity index (χ2n) is 13.3. The van der Waals surface area contributed by atoms with Gasteiger partial charge in [-0.1, -0.05) is 41.9 Å². The van der Waals surface area contributed by atoms with Gasteiger partial charge in [0.15, 0.2) is 0 Å². The Balaban J connectivity index is 1.18. The number of hydrogen-bond acceptors (Lipinski definition) is 9. The van der Waals surface area contributed by atoms with E-state index in [4.69, 9.17) is 25.8 Å². The van der Waals surface area contributed by atoms with Gasteiger partial charge in [-0.15, -0.1) is 0 Å². The van der Waals surface area contributed by atoms with Gasteiger partial charge in [0.25, 0.3) is 0 Å². The average molecular weight is 717 g/mol. The van der Waals surface area contributed by atoms with Gasteiger partial charge in [-0.2, -0.15) is 5.26 Å². The zero-order valence-electron chi connectivity index (χ0n) is 30.1. The highest BCUT2D eigenvalue weighted by Gasteiger charge is 2.17. The molecule has 1 fully saturated rings. The molecule has 0 unspecified atom stereocenters. The maximum atomic E-state index is 9.35. The SMILES string of the molecule is Cc1c(COc2cc(OCc3cncc(C#N)c3)c(CN(C)Cc3cncnc3)cc2Cl)cccc1-c1cccc(OCCCN2CCCC2)c1C. The Morgan fingerprint density at radius 1 is 0.769 bits per heavy atom. The van der Waals surface area contributed by atoms with Crippen molar-refractivity contribution in [2.45, 2.75) is 59.4 Å². The molecule has 0 bridgehead atoms. The normalized spacial score (nSPS) is 12.9. The molecular weight excluding hydrogens is 672 g/mol. The van der Waals surface area contributed by atoms with Crippen LogP contribution in [0, 0.1) is 25.2 Å². The number of nitriles is 1. The first-order chi connectivity index (χ1) is 25.4. The molecule has 9 nitrogen and oxygen atoms in total. The third-order valence-corrected chi connectivity index (χ3v) is 9.71. The van der Waals surface area contributed by atoms with E-state index in [0.717, 1.165) is 63.2 Å². The van der Waals surface area contributed by atoms with E-state index in [1.54, 1.807) is 24.7 Å². The summed E-state index contributed by atoms with van der Waals surface area (Å²) >= 11 is 6.88. The molecule has 2 aromatic heterocycles. The van der Waals surface area contributed by atoms with Crippen molar-refractivity contribution in [3.05, 3.63) is 130 Å². The summed E-state index contributed by atoms with van der Waals surface area (Å²) in [7, 11) is 2.02. The summed E-state index contributed by atoms with van der Waals surface area (Å²) in [5.41, 5.74) is 8.78. The maximum Gasteiger partial charge on any atom is 0.142 e. The topological polar surface area (TPSA) is 96.6 Å². The van der Waals surface area contributed by atoms with Gasteiger partial charge < -0.3 is 19.1 Å². The number of rotatable bonds is 16. The van der Waals surface area contributed by atoms with Crippen molar-refractivity contribution >= 4 is 11.6 Å². The van der Waals surface area contributed by atoms with Gasteiger partial charge in [0.05, 0.1) is 17.2 Å². The van der Waals surface area contributed by atoms with Crippen LogP contribution >= 0.6 is 11.6 Å². The van der Waals surface area contributed by atoms with Crippen LogP contribution in [0.3, 0.4) is 0 Å². The van der Waals surface area contributed by atoms with E-state index in [9.17, 15) is 5.26 Å². The zero-order valence-corrected chi connectivity index (χ0v) is 30.9. The number of benzene rings is 3. The van der Waals surface area contributed by atoms with Crippen LogP contribution in [0.4, 0.5) is 0 Å². The number of likely N-dealkylation sites (tertiary alicyclic amines) is 1. The first kappa shape index (κ1) is 36.8. The predicted molar refractivity (Wildman–Crippen MR) is 203 cm³/mol. The highest BCUT2D eigenvalue weighted by molar-refractivity contribution is 6.32. The summed E-state index contributed by atoms with van der Waals surface area (Å²) < 4.78 is 19.0. The smallest absolute Gasteiger partial charge is 0.142 e. The van der Waals surface area contributed by atoms with Gasteiger partial charge in [-0.3, -0.25) is 9.88 Å². The van der Waals surface area contributed by atoms with Crippen LogP contribution < -0.4 is 14.2 Å². The Kier molecular flexibility index (Phi) is 12.7. The minimum Gasteiger partial charge on any atom is -0.493 e. The first-order valence-corrected chi connectivity index (χ1v) is 18.1. The average Bonchev–Trinajstić information content (AvgIpc) is 3.68. The monoisotopic (exact) mass is 716 g/mol. The van der Waals surface area contributed by atoms with Crippen molar-refractivity contribution in [2.24, 2.45) is 0 Å². The zero-order chi connectivity index (χ0) is 36.3. The van der Waals surface area contributed by atoms with Crippen LogP contribution in [-0.4, -0.2) is 58.0 Å². The number of halogens is 1. The minimum atomic E-state index is 0.231. The molecular formula is C42H45ClN6O3. The van der Waals surface area contributed by atoms with E-state index >= 15 is 0 Å². The lowest BCUT2D eigenvalue weighted by atomic mass is 9.93.